The molecule has 0 radical (unpaired) electrons. The highest BCUT2D eigenvalue weighted by Gasteiger charge is 2.24. The predicted octanol–water partition coefficient (Wildman–Crippen LogP) is 4.68. The van der Waals surface area contributed by atoms with E-state index in [9.17, 15) is 0 Å². The molecule has 0 N–H and O–H groups in total. The Hall–Kier alpha value is 0.0100. The lowest BCUT2D eigenvalue weighted by atomic mass is 9.85. The lowest BCUT2D eigenvalue weighted by Gasteiger charge is -2.36. The number of hydrogen-bond acceptors (Lipinski definition) is 3. The monoisotopic (exact) mass is 338 g/mol. The minimum atomic E-state index is 0.431. The molecule has 2 aliphatic rings. The van der Waals surface area contributed by atoms with Crippen LogP contribution in [0.5, 0.6) is 0 Å². The van der Waals surface area contributed by atoms with Crippen LogP contribution in [0.2, 0.25) is 0 Å². The van der Waals surface area contributed by atoms with Crippen molar-refractivity contribution in [2.45, 2.75) is 64.7 Å². The van der Waals surface area contributed by atoms with E-state index in [4.69, 9.17) is 0 Å². The zero-order chi connectivity index (χ0) is 16.8. The molecule has 0 aromatic heterocycles. The average molecular weight is 339 g/mol. The third kappa shape index (κ3) is 6.43. The van der Waals surface area contributed by atoms with Crippen LogP contribution in [0.25, 0.3) is 0 Å². The van der Waals surface area contributed by atoms with Crippen molar-refractivity contribution in [1.29, 1.82) is 0 Å². The molecule has 2 nitrogen and oxygen atoms in total. The van der Waals surface area contributed by atoms with Gasteiger partial charge in [-0.1, -0.05) is 38.8 Å². The Labute approximate surface area is 150 Å². The summed E-state index contributed by atoms with van der Waals surface area (Å²) in [6.45, 7) is 17.1. The molecule has 0 bridgehead atoms. The summed E-state index contributed by atoms with van der Waals surface area (Å²) in [6, 6.07) is 0. The van der Waals surface area contributed by atoms with Gasteiger partial charge in [-0.2, -0.15) is 12.6 Å². The summed E-state index contributed by atoms with van der Waals surface area (Å²) < 4.78 is 0. The average Bonchev–Trinajstić information content (AvgIpc) is 2.54. The second kappa shape index (κ2) is 9.48. The predicted molar refractivity (Wildman–Crippen MR) is 105 cm³/mol. The van der Waals surface area contributed by atoms with Gasteiger partial charge >= 0.3 is 0 Å². The van der Waals surface area contributed by atoms with Gasteiger partial charge in [-0.25, -0.2) is 0 Å². The van der Waals surface area contributed by atoms with Crippen molar-refractivity contribution in [3.8, 4) is 0 Å². The number of rotatable bonds is 7. The molecule has 2 rings (SSSR count). The Morgan fingerprint density at radius 2 is 1.43 bits per heavy atom. The van der Waals surface area contributed by atoms with Crippen LogP contribution in [0, 0.1) is 17.8 Å². The maximum Gasteiger partial charge on any atom is 0.0499 e. The van der Waals surface area contributed by atoms with Gasteiger partial charge in [0, 0.05) is 11.9 Å². The van der Waals surface area contributed by atoms with E-state index >= 15 is 0 Å². The molecule has 134 valence electrons. The summed E-state index contributed by atoms with van der Waals surface area (Å²) in [7, 11) is 0. The molecular formula is C20H38N2S. The van der Waals surface area contributed by atoms with Gasteiger partial charge in [0.2, 0.25) is 0 Å². The highest BCUT2D eigenvalue weighted by atomic mass is 32.1. The van der Waals surface area contributed by atoms with E-state index < -0.39 is 0 Å². The fourth-order valence-corrected chi connectivity index (χ4v) is 4.22. The topological polar surface area (TPSA) is 6.48 Å². The summed E-state index contributed by atoms with van der Waals surface area (Å²) >= 11 is 4.57. The lowest BCUT2D eigenvalue weighted by molar-refractivity contribution is 0.153. The van der Waals surface area contributed by atoms with Gasteiger partial charge in [0.25, 0.3) is 0 Å². The molecule has 2 aliphatic heterocycles. The van der Waals surface area contributed by atoms with Crippen LogP contribution in [-0.4, -0.2) is 47.9 Å². The number of nitrogens with zero attached hydrogens (tertiary/aromatic N) is 2. The normalized spacial score (nSPS) is 24.2. The van der Waals surface area contributed by atoms with Crippen molar-refractivity contribution in [2.24, 2.45) is 17.8 Å². The number of hydrogen-bond donors (Lipinski definition) is 1. The summed E-state index contributed by atoms with van der Waals surface area (Å²) in [5.41, 5.74) is 1.40. The molecule has 23 heavy (non-hydrogen) atoms. The first-order chi connectivity index (χ1) is 11.0. The minimum absolute atomic E-state index is 0.431. The Balaban J connectivity index is 1.59. The molecule has 0 aromatic carbocycles. The lowest BCUT2D eigenvalue weighted by Crippen LogP contribution is -2.38. The van der Waals surface area contributed by atoms with Crippen molar-refractivity contribution in [2.75, 3.05) is 32.7 Å². The molecule has 0 amide bonds. The molecule has 0 aliphatic carbocycles. The van der Waals surface area contributed by atoms with E-state index in [1.807, 2.05) is 0 Å². The second-order valence-corrected chi connectivity index (χ2v) is 8.97. The Morgan fingerprint density at radius 3 is 1.87 bits per heavy atom. The zero-order valence-electron chi connectivity index (χ0n) is 15.6. The molecule has 2 heterocycles. The van der Waals surface area contributed by atoms with Gasteiger partial charge < -0.3 is 0 Å². The SMILES string of the molecule is C=C(CN1CCC(CCC2CCN(C(C)S)CC2)CC1)C(C)C. The van der Waals surface area contributed by atoms with Gasteiger partial charge in [0.15, 0.2) is 0 Å². The fraction of sp³-hybridized carbons (Fsp3) is 0.900. The summed E-state index contributed by atoms with van der Waals surface area (Å²) in [6.07, 6.45) is 8.49. The Morgan fingerprint density at radius 1 is 0.957 bits per heavy atom. The van der Waals surface area contributed by atoms with Gasteiger partial charge in [-0.15, -0.1) is 0 Å². The maximum atomic E-state index is 4.57. The summed E-state index contributed by atoms with van der Waals surface area (Å²) in [5, 5.41) is 0.431. The summed E-state index contributed by atoms with van der Waals surface area (Å²) in [5.74, 6) is 2.57. The molecule has 2 fully saturated rings. The highest BCUT2D eigenvalue weighted by Crippen LogP contribution is 2.29. The van der Waals surface area contributed by atoms with Crippen LogP contribution in [0.1, 0.15) is 59.3 Å². The number of thiol groups is 1. The molecule has 1 unspecified atom stereocenters. The van der Waals surface area contributed by atoms with Crippen LogP contribution in [0.3, 0.4) is 0 Å². The van der Waals surface area contributed by atoms with Crippen LogP contribution < -0.4 is 0 Å². The molecule has 0 spiro atoms. The van der Waals surface area contributed by atoms with Gasteiger partial charge in [0.1, 0.15) is 0 Å². The molecule has 2 saturated heterocycles. The van der Waals surface area contributed by atoms with Crippen molar-refractivity contribution in [3.05, 3.63) is 12.2 Å². The van der Waals surface area contributed by atoms with Gasteiger partial charge in [-0.3, -0.25) is 9.80 Å². The summed E-state index contributed by atoms with van der Waals surface area (Å²) in [4.78, 5) is 5.13. The first-order valence-electron chi connectivity index (χ1n) is 9.77. The van der Waals surface area contributed by atoms with E-state index in [1.165, 1.54) is 70.3 Å². The first kappa shape index (κ1) is 19.3. The van der Waals surface area contributed by atoms with Crippen molar-refractivity contribution in [3.63, 3.8) is 0 Å². The van der Waals surface area contributed by atoms with E-state index in [0.29, 0.717) is 11.3 Å². The first-order valence-corrected chi connectivity index (χ1v) is 10.3. The quantitative estimate of drug-likeness (QED) is 0.532. The van der Waals surface area contributed by atoms with E-state index in [2.05, 4.69) is 49.8 Å². The molecular weight excluding hydrogens is 300 g/mol. The molecule has 0 saturated carbocycles. The van der Waals surface area contributed by atoms with Crippen molar-refractivity contribution >= 4 is 12.6 Å². The number of piperidine rings is 2. The largest absolute Gasteiger partial charge is 0.299 e. The standard InChI is InChI=1S/C20H38N2S/c1-16(2)17(3)15-21-11-7-19(8-12-21)5-6-20-9-13-22(14-10-20)18(4)23/h16,18-20,23H,3,5-15H2,1-2,4H3. The van der Waals surface area contributed by atoms with Crippen LogP contribution in [0.15, 0.2) is 12.2 Å². The third-order valence-electron chi connectivity index (χ3n) is 6.11. The van der Waals surface area contributed by atoms with Gasteiger partial charge in [0.05, 0.1) is 0 Å². The Kier molecular flexibility index (Phi) is 7.97. The zero-order valence-corrected chi connectivity index (χ0v) is 16.5. The number of likely N-dealkylation sites (tertiary alicyclic amines) is 2. The third-order valence-corrected chi connectivity index (χ3v) is 6.44. The second-order valence-electron chi connectivity index (χ2n) is 8.22. The van der Waals surface area contributed by atoms with E-state index in [0.717, 1.165) is 18.4 Å². The van der Waals surface area contributed by atoms with Crippen molar-refractivity contribution < 1.29 is 0 Å². The van der Waals surface area contributed by atoms with Gasteiger partial charge in [-0.05, 0) is 76.5 Å². The van der Waals surface area contributed by atoms with Crippen LogP contribution in [-0.2, 0) is 0 Å². The molecule has 0 aromatic rings. The van der Waals surface area contributed by atoms with E-state index in [1.54, 1.807) is 0 Å². The molecule has 1 atom stereocenters. The van der Waals surface area contributed by atoms with Crippen LogP contribution in [0.4, 0.5) is 0 Å². The fourth-order valence-electron chi connectivity index (χ4n) is 3.99. The van der Waals surface area contributed by atoms with Crippen molar-refractivity contribution in [1.82, 2.24) is 9.80 Å². The van der Waals surface area contributed by atoms with Crippen LogP contribution >= 0.6 is 12.6 Å². The smallest absolute Gasteiger partial charge is 0.0499 e. The molecule has 3 heteroatoms. The highest BCUT2D eigenvalue weighted by molar-refractivity contribution is 7.80. The maximum absolute atomic E-state index is 4.57. The van der Waals surface area contributed by atoms with E-state index in [-0.39, 0.29) is 0 Å². The Bertz CT molecular complexity index is 351. The minimum Gasteiger partial charge on any atom is -0.299 e.